The molecule has 0 aromatic heterocycles. The predicted octanol–water partition coefficient (Wildman–Crippen LogP) is 1.86. The zero-order chi connectivity index (χ0) is 10.7. The van der Waals surface area contributed by atoms with Crippen LogP contribution in [-0.2, 0) is 0 Å². The summed E-state index contributed by atoms with van der Waals surface area (Å²) in [4.78, 5) is 10.9. The third-order valence-corrected chi connectivity index (χ3v) is 2.82. The third kappa shape index (κ3) is 2.30. The Morgan fingerprint density at radius 3 is 2.67 bits per heavy atom. The molecule has 0 atom stereocenters. The fourth-order valence-electron chi connectivity index (χ4n) is 1.24. The van der Waals surface area contributed by atoms with Crippen molar-refractivity contribution in [2.45, 2.75) is 0 Å². The molecule has 1 aliphatic rings. The van der Waals surface area contributed by atoms with E-state index in [1.54, 1.807) is 7.11 Å². The quantitative estimate of drug-likeness (QED) is 0.830. The van der Waals surface area contributed by atoms with Crippen LogP contribution in [0.15, 0.2) is 29.4 Å². The Bertz CT molecular complexity index is 400. The number of carbonyl (C=O) groups is 1. The lowest BCUT2D eigenvalue weighted by molar-refractivity contribution is 0.261. The van der Waals surface area contributed by atoms with Crippen molar-refractivity contribution in [1.29, 1.82) is 0 Å². The first kappa shape index (κ1) is 10.0. The molecule has 1 aliphatic heterocycles. The Morgan fingerprint density at radius 1 is 1.40 bits per heavy atom. The van der Waals surface area contributed by atoms with Crippen molar-refractivity contribution in [3.8, 4) is 5.75 Å². The van der Waals surface area contributed by atoms with Crippen molar-refractivity contribution in [2.75, 3.05) is 12.9 Å². The summed E-state index contributed by atoms with van der Waals surface area (Å²) >= 11 is 1.22. The fourth-order valence-corrected chi connectivity index (χ4v) is 1.85. The van der Waals surface area contributed by atoms with Gasteiger partial charge in [-0.3, -0.25) is 4.79 Å². The molecular weight excluding hydrogens is 212 g/mol. The highest BCUT2D eigenvalue weighted by molar-refractivity contribution is 8.14. The minimum atomic E-state index is -0.104. The van der Waals surface area contributed by atoms with Gasteiger partial charge in [0.1, 0.15) is 5.75 Å². The average molecular weight is 222 g/mol. The van der Waals surface area contributed by atoms with E-state index < -0.39 is 0 Å². The second-order valence-corrected chi connectivity index (χ2v) is 3.92. The highest BCUT2D eigenvalue weighted by Crippen LogP contribution is 2.16. The number of ether oxygens (including phenoxy) is 1. The maximum absolute atomic E-state index is 10.9. The Morgan fingerprint density at radius 2 is 2.13 bits per heavy atom. The number of hydrogen-bond acceptors (Lipinski definition) is 4. The van der Waals surface area contributed by atoms with E-state index in [1.807, 2.05) is 24.3 Å². The zero-order valence-electron chi connectivity index (χ0n) is 8.19. The van der Waals surface area contributed by atoms with Crippen molar-refractivity contribution in [3.05, 3.63) is 29.8 Å². The Balaban J connectivity index is 2.19. The molecule has 0 fully saturated rings. The summed E-state index contributed by atoms with van der Waals surface area (Å²) in [5, 5.41) is 3.89. The van der Waals surface area contributed by atoms with Crippen molar-refractivity contribution in [2.24, 2.45) is 5.10 Å². The summed E-state index contributed by atoms with van der Waals surface area (Å²) in [5.41, 5.74) is 4.32. The van der Waals surface area contributed by atoms with E-state index in [2.05, 4.69) is 10.5 Å². The monoisotopic (exact) mass is 222 g/mol. The molecule has 5 heteroatoms. The summed E-state index contributed by atoms with van der Waals surface area (Å²) in [6, 6.07) is 7.60. The summed E-state index contributed by atoms with van der Waals surface area (Å²) in [6.45, 7) is 0. The fraction of sp³-hybridized carbons (Fsp3) is 0.200. The lowest BCUT2D eigenvalue weighted by Gasteiger charge is -2.11. The predicted molar refractivity (Wildman–Crippen MR) is 60.5 cm³/mol. The molecular formula is C10H10N2O2S. The van der Waals surface area contributed by atoms with Crippen molar-refractivity contribution in [1.82, 2.24) is 5.43 Å². The van der Waals surface area contributed by atoms with Gasteiger partial charge >= 0.3 is 0 Å². The molecule has 78 valence electrons. The molecule has 0 saturated carbocycles. The molecule has 1 heterocycles. The summed E-state index contributed by atoms with van der Waals surface area (Å²) < 4.78 is 5.06. The Kier molecular flexibility index (Phi) is 2.91. The lowest BCUT2D eigenvalue weighted by atomic mass is 10.1. The molecule has 0 aliphatic carbocycles. The highest BCUT2D eigenvalue weighted by atomic mass is 32.2. The van der Waals surface area contributed by atoms with Gasteiger partial charge in [-0.25, -0.2) is 5.43 Å². The van der Waals surface area contributed by atoms with Gasteiger partial charge in [0.2, 0.25) is 0 Å². The van der Waals surface area contributed by atoms with Gasteiger partial charge in [0.05, 0.1) is 12.8 Å². The number of nitrogens with one attached hydrogen (secondary N) is 1. The first-order valence-corrected chi connectivity index (χ1v) is 5.42. The topological polar surface area (TPSA) is 50.7 Å². The maximum Gasteiger partial charge on any atom is 0.299 e. The van der Waals surface area contributed by atoms with E-state index in [9.17, 15) is 4.79 Å². The largest absolute Gasteiger partial charge is 0.497 e. The standard InChI is InChI=1S/C10H10N2O2S/c1-14-8-4-2-7(3-5-8)9-6-15-10(13)12-11-9/h2-5H,6H2,1H3,(H,12,13). The van der Waals surface area contributed by atoms with E-state index in [1.165, 1.54) is 11.8 Å². The number of rotatable bonds is 2. The van der Waals surface area contributed by atoms with E-state index in [4.69, 9.17) is 4.74 Å². The summed E-state index contributed by atoms with van der Waals surface area (Å²) in [6.07, 6.45) is 0. The van der Waals surface area contributed by atoms with Gasteiger partial charge in [0.15, 0.2) is 0 Å². The minimum absolute atomic E-state index is 0.104. The molecule has 2 rings (SSSR count). The van der Waals surface area contributed by atoms with Crippen molar-refractivity contribution in [3.63, 3.8) is 0 Å². The van der Waals surface area contributed by atoms with E-state index >= 15 is 0 Å². The molecule has 0 spiro atoms. The van der Waals surface area contributed by atoms with Gasteiger partial charge in [-0.2, -0.15) is 5.10 Å². The van der Waals surface area contributed by atoms with Gasteiger partial charge < -0.3 is 4.74 Å². The molecule has 0 unspecified atom stereocenters. The Labute approximate surface area is 91.7 Å². The normalized spacial score (nSPS) is 15.5. The number of methoxy groups -OCH3 is 1. The molecule has 0 saturated heterocycles. The number of carbonyl (C=O) groups excluding carboxylic acids is 1. The van der Waals surface area contributed by atoms with E-state index in [-0.39, 0.29) is 5.24 Å². The van der Waals surface area contributed by atoms with Gasteiger partial charge in [-0.1, -0.05) is 11.8 Å². The molecule has 0 bridgehead atoms. The van der Waals surface area contributed by atoms with Gasteiger partial charge in [0.25, 0.3) is 5.24 Å². The SMILES string of the molecule is COc1ccc(C2=NNC(=O)SC2)cc1. The number of nitrogens with zero attached hydrogens (tertiary/aromatic N) is 1. The second-order valence-electron chi connectivity index (χ2n) is 2.97. The maximum atomic E-state index is 10.9. The van der Waals surface area contributed by atoms with Crippen LogP contribution in [0.1, 0.15) is 5.56 Å². The van der Waals surface area contributed by atoms with Crippen LogP contribution in [0.2, 0.25) is 0 Å². The Hall–Kier alpha value is -1.49. The molecule has 1 aromatic rings. The van der Waals surface area contributed by atoms with Crippen LogP contribution in [-0.4, -0.2) is 23.8 Å². The number of benzene rings is 1. The van der Waals surface area contributed by atoms with Gasteiger partial charge in [0, 0.05) is 5.75 Å². The number of thioether (sulfide) groups is 1. The first-order valence-electron chi connectivity index (χ1n) is 4.43. The van der Waals surface area contributed by atoms with Crippen LogP contribution in [0.3, 0.4) is 0 Å². The number of amides is 1. The minimum Gasteiger partial charge on any atom is -0.497 e. The van der Waals surface area contributed by atoms with Crippen LogP contribution in [0.25, 0.3) is 0 Å². The molecule has 0 radical (unpaired) electrons. The van der Waals surface area contributed by atoms with Gasteiger partial charge in [-0.05, 0) is 29.8 Å². The van der Waals surface area contributed by atoms with Crippen molar-refractivity contribution >= 4 is 22.7 Å². The smallest absolute Gasteiger partial charge is 0.299 e. The average Bonchev–Trinajstić information content (AvgIpc) is 2.30. The van der Waals surface area contributed by atoms with Crippen LogP contribution >= 0.6 is 11.8 Å². The molecule has 15 heavy (non-hydrogen) atoms. The second kappa shape index (κ2) is 4.35. The third-order valence-electron chi connectivity index (χ3n) is 2.05. The number of hydrogen-bond donors (Lipinski definition) is 1. The molecule has 1 aromatic carbocycles. The van der Waals surface area contributed by atoms with Crippen LogP contribution in [0.5, 0.6) is 5.75 Å². The lowest BCUT2D eigenvalue weighted by Crippen LogP contribution is -2.23. The van der Waals surface area contributed by atoms with Crippen molar-refractivity contribution < 1.29 is 9.53 Å². The summed E-state index contributed by atoms with van der Waals surface area (Å²) in [5.74, 6) is 1.42. The summed E-state index contributed by atoms with van der Waals surface area (Å²) in [7, 11) is 1.63. The van der Waals surface area contributed by atoms with E-state index in [0.29, 0.717) is 5.75 Å². The van der Waals surface area contributed by atoms with Gasteiger partial charge in [-0.15, -0.1) is 0 Å². The molecule has 4 nitrogen and oxygen atoms in total. The van der Waals surface area contributed by atoms with Crippen LogP contribution < -0.4 is 10.2 Å². The molecule has 1 N–H and O–H groups in total. The van der Waals surface area contributed by atoms with Crippen LogP contribution in [0, 0.1) is 0 Å². The highest BCUT2D eigenvalue weighted by Gasteiger charge is 2.13. The zero-order valence-corrected chi connectivity index (χ0v) is 9.00. The van der Waals surface area contributed by atoms with E-state index in [0.717, 1.165) is 17.0 Å². The first-order chi connectivity index (χ1) is 7.29. The molecule has 1 amide bonds. The number of hydrazone groups is 1. The van der Waals surface area contributed by atoms with Crippen LogP contribution in [0.4, 0.5) is 4.79 Å².